The Bertz CT molecular complexity index is 1050. The van der Waals surface area contributed by atoms with E-state index in [-0.39, 0.29) is 17.7 Å². The zero-order chi connectivity index (χ0) is 19.4. The lowest BCUT2D eigenvalue weighted by molar-refractivity contribution is -0.122. The van der Waals surface area contributed by atoms with E-state index in [1.807, 2.05) is 31.3 Å². The maximum absolute atomic E-state index is 12.7. The van der Waals surface area contributed by atoms with Gasteiger partial charge in [-0.05, 0) is 72.0 Å². The molecule has 0 N–H and O–H groups in total. The van der Waals surface area contributed by atoms with Crippen molar-refractivity contribution in [2.24, 2.45) is 11.8 Å². The first kappa shape index (κ1) is 17.1. The lowest BCUT2D eigenvalue weighted by Gasteiger charge is -2.36. The van der Waals surface area contributed by atoms with Crippen molar-refractivity contribution in [2.75, 3.05) is 11.9 Å². The van der Waals surface area contributed by atoms with E-state index in [9.17, 15) is 4.79 Å². The Balaban J connectivity index is 1.62. The first-order chi connectivity index (χ1) is 13.5. The molecule has 2 atom stereocenters. The molecule has 1 amide bonds. The smallest absolute Gasteiger partial charge is 0.230 e. The standard InChI is InChI=1S/C22H23N5O/c1-13-4-9-17(10-5-13)27-21(23-24-25-27)16-8-11-19-18(12-16)20(15-6-7-15)14(2)22(28)26(19)3/h4-5,8-12,14-15,20H,6-7H2,1-3H3. The van der Waals surface area contributed by atoms with Gasteiger partial charge >= 0.3 is 0 Å². The summed E-state index contributed by atoms with van der Waals surface area (Å²) in [5.74, 6) is 1.82. The number of fused-ring (bicyclic) bond motifs is 1. The molecule has 0 spiro atoms. The molecule has 1 aliphatic carbocycles. The van der Waals surface area contributed by atoms with E-state index < -0.39 is 0 Å². The highest BCUT2D eigenvalue weighted by Crippen LogP contribution is 2.52. The second-order valence-electron chi connectivity index (χ2n) is 8.07. The van der Waals surface area contributed by atoms with Gasteiger partial charge in [0.1, 0.15) is 0 Å². The molecule has 2 heterocycles. The summed E-state index contributed by atoms with van der Waals surface area (Å²) in [6.07, 6.45) is 2.41. The Morgan fingerprint density at radius 3 is 2.54 bits per heavy atom. The van der Waals surface area contributed by atoms with Crippen LogP contribution in [0.25, 0.3) is 17.1 Å². The molecule has 0 bridgehead atoms. The molecule has 0 radical (unpaired) electrons. The maximum Gasteiger partial charge on any atom is 0.230 e. The summed E-state index contributed by atoms with van der Waals surface area (Å²) in [5.41, 5.74) is 5.36. The number of nitrogens with zero attached hydrogens (tertiary/aromatic N) is 5. The zero-order valence-electron chi connectivity index (χ0n) is 16.3. The Morgan fingerprint density at radius 2 is 1.82 bits per heavy atom. The predicted octanol–water partition coefficient (Wildman–Crippen LogP) is 3.74. The molecule has 1 aliphatic heterocycles. The van der Waals surface area contributed by atoms with Gasteiger partial charge in [0, 0.05) is 30.1 Å². The monoisotopic (exact) mass is 373 g/mol. The molecule has 6 nitrogen and oxygen atoms in total. The predicted molar refractivity (Wildman–Crippen MR) is 107 cm³/mol. The molecule has 142 valence electrons. The average molecular weight is 373 g/mol. The molecule has 2 aromatic carbocycles. The van der Waals surface area contributed by atoms with Gasteiger partial charge in [0.05, 0.1) is 5.69 Å². The van der Waals surface area contributed by atoms with Crippen LogP contribution in [-0.4, -0.2) is 33.2 Å². The first-order valence-electron chi connectivity index (χ1n) is 9.82. The summed E-state index contributed by atoms with van der Waals surface area (Å²) in [4.78, 5) is 14.5. The van der Waals surface area contributed by atoms with Crippen molar-refractivity contribution in [1.29, 1.82) is 0 Å². The van der Waals surface area contributed by atoms with E-state index >= 15 is 0 Å². The van der Waals surface area contributed by atoms with Gasteiger partial charge in [0.15, 0.2) is 5.82 Å². The van der Waals surface area contributed by atoms with Gasteiger partial charge in [-0.1, -0.05) is 24.6 Å². The number of amides is 1. The van der Waals surface area contributed by atoms with Crippen LogP contribution in [0.4, 0.5) is 5.69 Å². The number of carbonyl (C=O) groups excluding carboxylic acids is 1. The Morgan fingerprint density at radius 1 is 1.07 bits per heavy atom. The number of carbonyl (C=O) groups is 1. The van der Waals surface area contributed by atoms with Gasteiger partial charge < -0.3 is 4.90 Å². The van der Waals surface area contributed by atoms with Crippen LogP contribution in [-0.2, 0) is 4.79 Å². The van der Waals surface area contributed by atoms with Crippen molar-refractivity contribution >= 4 is 11.6 Å². The van der Waals surface area contributed by atoms with E-state index in [0.717, 1.165) is 16.9 Å². The molecule has 2 aliphatic rings. The van der Waals surface area contributed by atoms with Crippen LogP contribution < -0.4 is 4.90 Å². The molecule has 3 aromatic rings. The topological polar surface area (TPSA) is 63.9 Å². The molecule has 0 saturated heterocycles. The number of benzene rings is 2. The Hall–Kier alpha value is -3.02. The Kier molecular flexibility index (Phi) is 3.82. The van der Waals surface area contributed by atoms with Crippen LogP contribution in [0.15, 0.2) is 42.5 Å². The average Bonchev–Trinajstić information content (AvgIpc) is 3.41. The maximum atomic E-state index is 12.7. The highest BCUT2D eigenvalue weighted by Gasteiger charge is 2.44. The number of anilines is 1. The van der Waals surface area contributed by atoms with Crippen LogP contribution in [0.1, 0.15) is 36.8 Å². The van der Waals surface area contributed by atoms with E-state index in [1.54, 1.807) is 9.58 Å². The summed E-state index contributed by atoms with van der Waals surface area (Å²) in [6, 6.07) is 14.4. The van der Waals surface area contributed by atoms with E-state index in [4.69, 9.17) is 0 Å². The summed E-state index contributed by atoms with van der Waals surface area (Å²) in [7, 11) is 1.87. The van der Waals surface area contributed by atoms with Gasteiger partial charge in [0.25, 0.3) is 0 Å². The second kappa shape index (κ2) is 6.26. The zero-order valence-corrected chi connectivity index (χ0v) is 16.3. The number of tetrazole rings is 1. The van der Waals surface area contributed by atoms with Crippen LogP contribution in [0.5, 0.6) is 0 Å². The normalized spacial score (nSPS) is 21.7. The van der Waals surface area contributed by atoms with E-state index in [2.05, 4.69) is 47.6 Å². The molecular weight excluding hydrogens is 350 g/mol. The third kappa shape index (κ3) is 2.63. The van der Waals surface area contributed by atoms with Gasteiger partial charge in [-0.25, -0.2) is 0 Å². The molecule has 1 fully saturated rings. The van der Waals surface area contributed by atoms with Crippen molar-refractivity contribution in [3.05, 3.63) is 53.6 Å². The first-order valence-corrected chi connectivity index (χ1v) is 9.82. The minimum atomic E-state index is 0.00773. The molecule has 1 saturated carbocycles. The van der Waals surface area contributed by atoms with Crippen molar-refractivity contribution in [3.8, 4) is 17.1 Å². The van der Waals surface area contributed by atoms with Gasteiger partial charge in [-0.3, -0.25) is 4.79 Å². The van der Waals surface area contributed by atoms with Gasteiger partial charge in [0.2, 0.25) is 5.91 Å². The fraction of sp³-hybridized carbons (Fsp3) is 0.364. The van der Waals surface area contributed by atoms with Gasteiger partial charge in [-0.15, -0.1) is 5.10 Å². The molecule has 1 aromatic heterocycles. The fourth-order valence-corrected chi connectivity index (χ4v) is 4.46. The molecule has 5 rings (SSSR count). The van der Waals surface area contributed by atoms with Crippen LogP contribution in [0.2, 0.25) is 0 Å². The van der Waals surface area contributed by atoms with E-state index in [1.165, 1.54) is 24.0 Å². The number of hydrogen-bond acceptors (Lipinski definition) is 4. The minimum absolute atomic E-state index is 0.00773. The highest BCUT2D eigenvalue weighted by molar-refractivity contribution is 5.98. The summed E-state index contributed by atoms with van der Waals surface area (Å²) >= 11 is 0. The summed E-state index contributed by atoms with van der Waals surface area (Å²) in [5, 5.41) is 12.4. The van der Waals surface area contributed by atoms with E-state index in [0.29, 0.717) is 11.7 Å². The largest absolute Gasteiger partial charge is 0.315 e. The van der Waals surface area contributed by atoms with Crippen molar-refractivity contribution < 1.29 is 4.79 Å². The Labute approximate surface area is 164 Å². The number of aromatic nitrogens is 4. The molecule has 6 heteroatoms. The third-order valence-corrected chi connectivity index (χ3v) is 6.14. The number of rotatable bonds is 3. The minimum Gasteiger partial charge on any atom is -0.315 e. The molecule has 2 unspecified atom stereocenters. The second-order valence-corrected chi connectivity index (χ2v) is 8.07. The fourth-order valence-electron chi connectivity index (χ4n) is 4.46. The summed E-state index contributed by atoms with van der Waals surface area (Å²) in [6.45, 7) is 4.12. The lowest BCUT2D eigenvalue weighted by atomic mass is 9.78. The third-order valence-electron chi connectivity index (χ3n) is 6.14. The SMILES string of the molecule is Cc1ccc(-n2nnnc2-c2ccc3c(c2)C(C2CC2)C(C)C(=O)N3C)cc1. The quantitative estimate of drug-likeness (QED) is 0.701. The van der Waals surface area contributed by atoms with Crippen LogP contribution >= 0.6 is 0 Å². The highest BCUT2D eigenvalue weighted by atomic mass is 16.2. The van der Waals surface area contributed by atoms with Crippen molar-refractivity contribution in [1.82, 2.24) is 20.2 Å². The van der Waals surface area contributed by atoms with Crippen molar-refractivity contribution in [2.45, 2.75) is 32.6 Å². The lowest BCUT2D eigenvalue weighted by Crippen LogP contribution is -2.40. The van der Waals surface area contributed by atoms with Crippen LogP contribution in [0.3, 0.4) is 0 Å². The van der Waals surface area contributed by atoms with Crippen LogP contribution in [0, 0.1) is 18.8 Å². The van der Waals surface area contributed by atoms with Gasteiger partial charge in [-0.2, -0.15) is 4.68 Å². The van der Waals surface area contributed by atoms with Crippen molar-refractivity contribution in [3.63, 3.8) is 0 Å². The number of aryl methyl sites for hydroxylation is 1. The number of hydrogen-bond donors (Lipinski definition) is 0. The molecule has 28 heavy (non-hydrogen) atoms. The molecular formula is C22H23N5O. The summed E-state index contributed by atoms with van der Waals surface area (Å²) < 4.78 is 1.77.